The molecular formula is C25H30Cl2N2O2. The minimum Gasteiger partial charge on any atom is -0.480 e. The molecule has 2 fully saturated rings. The van der Waals surface area contributed by atoms with Crippen molar-refractivity contribution in [1.82, 2.24) is 9.80 Å². The number of carboxylic acid groups (broad SMARTS) is 1. The van der Waals surface area contributed by atoms with Gasteiger partial charge in [0.2, 0.25) is 0 Å². The minimum atomic E-state index is -0.835. The van der Waals surface area contributed by atoms with Gasteiger partial charge >= 0.3 is 5.97 Å². The fourth-order valence-corrected chi connectivity index (χ4v) is 5.40. The number of benzene rings is 2. The Hall–Kier alpha value is -1.59. The van der Waals surface area contributed by atoms with E-state index in [4.69, 9.17) is 23.2 Å². The monoisotopic (exact) mass is 460 g/mol. The molecule has 4 nitrogen and oxygen atoms in total. The van der Waals surface area contributed by atoms with Gasteiger partial charge in [-0.3, -0.25) is 9.69 Å². The fourth-order valence-electron chi connectivity index (χ4n) is 5.09. The second-order valence-corrected chi connectivity index (χ2v) is 9.86. The van der Waals surface area contributed by atoms with Gasteiger partial charge in [-0.1, -0.05) is 59.1 Å². The molecule has 2 atom stereocenters. The number of hydrogen-bond acceptors (Lipinski definition) is 3. The van der Waals surface area contributed by atoms with E-state index in [2.05, 4.69) is 41.0 Å². The fraction of sp³-hybridized carbons (Fsp3) is 0.480. The van der Waals surface area contributed by atoms with E-state index in [1.807, 2.05) is 0 Å². The maximum atomic E-state index is 12.0. The molecule has 4 rings (SSSR count). The van der Waals surface area contributed by atoms with Gasteiger partial charge in [0.1, 0.15) is 6.04 Å². The summed E-state index contributed by atoms with van der Waals surface area (Å²) in [5, 5.41) is 10.7. The SMILES string of the molecule is Cc1ccc(C2CCN(CC3CCN(C(C(=O)O)c4ccc(Cl)c(Cl)c4)C3)CC2)cc1. The van der Waals surface area contributed by atoms with Crippen LogP contribution < -0.4 is 0 Å². The van der Waals surface area contributed by atoms with Crippen LogP contribution >= 0.6 is 23.2 Å². The zero-order valence-electron chi connectivity index (χ0n) is 17.9. The molecule has 2 unspecified atom stereocenters. The molecule has 0 aliphatic carbocycles. The van der Waals surface area contributed by atoms with E-state index < -0.39 is 12.0 Å². The summed E-state index contributed by atoms with van der Waals surface area (Å²) in [6, 6.07) is 13.4. The smallest absolute Gasteiger partial charge is 0.325 e. The van der Waals surface area contributed by atoms with Gasteiger partial charge in [-0.05, 0) is 80.9 Å². The van der Waals surface area contributed by atoms with Gasteiger partial charge < -0.3 is 10.0 Å². The Bertz CT molecular complexity index is 910. The lowest BCUT2D eigenvalue weighted by molar-refractivity contribution is -0.143. The summed E-state index contributed by atoms with van der Waals surface area (Å²) >= 11 is 12.2. The number of carbonyl (C=O) groups is 1. The minimum absolute atomic E-state index is 0.401. The molecule has 0 saturated carbocycles. The van der Waals surface area contributed by atoms with Crippen LogP contribution in [0.4, 0.5) is 0 Å². The highest BCUT2D eigenvalue weighted by atomic mass is 35.5. The lowest BCUT2D eigenvalue weighted by Crippen LogP contribution is -2.38. The van der Waals surface area contributed by atoms with Gasteiger partial charge in [-0.25, -0.2) is 0 Å². The lowest BCUT2D eigenvalue weighted by atomic mass is 9.88. The largest absolute Gasteiger partial charge is 0.480 e. The summed E-state index contributed by atoms with van der Waals surface area (Å²) in [7, 11) is 0. The molecule has 2 heterocycles. The third-order valence-electron chi connectivity index (χ3n) is 6.83. The van der Waals surface area contributed by atoms with Crippen LogP contribution in [0.5, 0.6) is 0 Å². The van der Waals surface area contributed by atoms with Crippen LogP contribution in [0.25, 0.3) is 0 Å². The van der Waals surface area contributed by atoms with Gasteiger partial charge in [0.25, 0.3) is 0 Å². The Kier molecular flexibility index (Phi) is 7.22. The second kappa shape index (κ2) is 9.91. The molecule has 166 valence electrons. The molecule has 2 aliphatic rings. The molecule has 0 amide bonds. The van der Waals surface area contributed by atoms with Gasteiger partial charge in [0, 0.05) is 13.1 Å². The summed E-state index contributed by atoms with van der Waals surface area (Å²) in [5.41, 5.74) is 3.47. The summed E-state index contributed by atoms with van der Waals surface area (Å²) in [4.78, 5) is 16.7. The number of piperidine rings is 1. The molecule has 2 aromatic carbocycles. The number of likely N-dealkylation sites (tertiary alicyclic amines) is 2. The highest BCUT2D eigenvalue weighted by Crippen LogP contribution is 2.33. The van der Waals surface area contributed by atoms with E-state index in [1.165, 1.54) is 24.0 Å². The average molecular weight is 461 g/mol. The van der Waals surface area contributed by atoms with Crippen molar-refractivity contribution in [3.63, 3.8) is 0 Å². The Morgan fingerprint density at radius 2 is 1.74 bits per heavy atom. The molecule has 31 heavy (non-hydrogen) atoms. The third kappa shape index (κ3) is 5.43. The van der Waals surface area contributed by atoms with Crippen molar-refractivity contribution < 1.29 is 9.90 Å². The molecule has 1 N–H and O–H groups in total. The predicted octanol–water partition coefficient (Wildman–Crippen LogP) is 5.63. The van der Waals surface area contributed by atoms with Crippen molar-refractivity contribution in [2.75, 3.05) is 32.7 Å². The van der Waals surface area contributed by atoms with Gasteiger partial charge in [-0.2, -0.15) is 0 Å². The van der Waals surface area contributed by atoms with Crippen molar-refractivity contribution in [2.45, 2.75) is 38.1 Å². The maximum Gasteiger partial charge on any atom is 0.325 e. The molecule has 2 aromatic rings. The topological polar surface area (TPSA) is 43.8 Å². The highest BCUT2D eigenvalue weighted by molar-refractivity contribution is 6.42. The van der Waals surface area contributed by atoms with Crippen LogP contribution in [-0.2, 0) is 4.79 Å². The number of carboxylic acids is 1. The molecule has 0 radical (unpaired) electrons. The predicted molar refractivity (Wildman–Crippen MR) is 126 cm³/mol. The van der Waals surface area contributed by atoms with Crippen molar-refractivity contribution in [2.24, 2.45) is 5.92 Å². The summed E-state index contributed by atoms with van der Waals surface area (Å²) < 4.78 is 0. The Morgan fingerprint density at radius 1 is 1.03 bits per heavy atom. The third-order valence-corrected chi connectivity index (χ3v) is 7.57. The van der Waals surface area contributed by atoms with Crippen molar-refractivity contribution in [3.05, 3.63) is 69.2 Å². The second-order valence-electron chi connectivity index (χ2n) is 9.05. The standard InChI is InChI=1S/C25H30Cl2N2O2/c1-17-2-4-19(5-3-17)20-9-11-28(12-10-20)15-18-8-13-29(16-18)24(25(30)31)21-6-7-22(26)23(27)14-21/h2-7,14,18,20,24H,8-13,15-16H2,1H3,(H,30,31). The van der Waals surface area contributed by atoms with Crippen LogP contribution in [-0.4, -0.2) is 53.6 Å². The van der Waals surface area contributed by atoms with E-state index in [0.29, 0.717) is 27.4 Å². The maximum absolute atomic E-state index is 12.0. The first kappa shape index (κ1) is 22.6. The highest BCUT2D eigenvalue weighted by Gasteiger charge is 2.35. The molecular weight excluding hydrogens is 431 g/mol. The molecule has 0 spiro atoms. The molecule has 2 saturated heterocycles. The first-order valence-electron chi connectivity index (χ1n) is 11.1. The van der Waals surface area contributed by atoms with Crippen LogP contribution in [0, 0.1) is 12.8 Å². The molecule has 2 aliphatic heterocycles. The van der Waals surface area contributed by atoms with E-state index in [0.717, 1.165) is 39.1 Å². The molecule has 0 aromatic heterocycles. The van der Waals surface area contributed by atoms with Crippen molar-refractivity contribution in [1.29, 1.82) is 0 Å². The number of rotatable bonds is 6. The molecule has 6 heteroatoms. The average Bonchev–Trinajstić information content (AvgIpc) is 3.19. The summed E-state index contributed by atoms with van der Waals surface area (Å²) in [5.74, 6) is 0.321. The van der Waals surface area contributed by atoms with E-state index in [-0.39, 0.29) is 0 Å². The first-order chi connectivity index (χ1) is 14.9. The van der Waals surface area contributed by atoms with Crippen LogP contribution in [0.15, 0.2) is 42.5 Å². The molecule has 0 bridgehead atoms. The summed E-state index contributed by atoms with van der Waals surface area (Å²) in [6.45, 7) is 7.00. The Balaban J connectivity index is 1.32. The van der Waals surface area contributed by atoms with Crippen LogP contribution in [0.2, 0.25) is 10.0 Å². The van der Waals surface area contributed by atoms with Crippen molar-refractivity contribution in [3.8, 4) is 0 Å². The zero-order chi connectivity index (χ0) is 22.0. The zero-order valence-corrected chi connectivity index (χ0v) is 19.4. The normalized spacial score (nSPS) is 22.0. The van der Waals surface area contributed by atoms with Gasteiger partial charge in [0.05, 0.1) is 10.0 Å². The quantitative estimate of drug-likeness (QED) is 0.606. The Labute approximate surface area is 194 Å². The first-order valence-corrected chi connectivity index (χ1v) is 11.9. The van der Waals surface area contributed by atoms with Gasteiger partial charge in [0.15, 0.2) is 0 Å². The Morgan fingerprint density at radius 3 is 2.39 bits per heavy atom. The summed E-state index contributed by atoms with van der Waals surface area (Å²) in [6.07, 6.45) is 3.42. The van der Waals surface area contributed by atoms with Crippen LogP contribution in [0.1, 0.15) is 47.9 Å². The number of nitrogens with zero attached hydrogens (tertiary/aromatic N) is 2. The van der Waals surface area contributed by atoms with Crippen LogP contribution in [0.3, 0.4) is 0 Å². The van der Waals surface area contributed by atoms with Gasteiger partial charge in [-0.15, -0.1) is 0 Å². The van der Waals surface area contributed by atoms with E-state index in [1.54, 1.807) is 18.2 Å². The lowest BCUT2D eigenvalue weighted by Gasteiger charge is -2.34. The van der Waals surface area contributed by atoms with Crippen molar-refractivity contribution >= 4 is 29.2 Å². The number of aryl methyl sites for hydroxylation is 1. The number of hydrogen-bond donors (Lipinski definition) is 1. The van der Waals surface area contributed by atoms with E-state index in [9.17, 15) is 9.90 Å². The number of halogens is 2. The van der Waals surface area contributed by atoms with E-state index >= 15 is 0 Å². The number of aliphatic carboxylic acids is 1.